The Hall–Kier alpha value is -4.45. The third kappa shape index (κ3) is 19.3. The summed E-state index contributed by atoms with van der Waals surface area (Å²) in [6, 6.07) is 26.7. The first-order valence-electron chi connectivity index (χ1n) is 17.7. The number of benzene rings is 4. The number of halogens is 1. The molecule has 0 fully saturated rings. The molecule has 0 aliphatic rings. The van der Waals surface area contributed by atoms with Crippen molar-refractivity contribution in [3.8, 4) is 23.0 Å². The summed E-state index contributed by atoms with van der Waals surface area (Å²) in [6.07, 6.45) is 1.27. The molecule has 20 heteroatoms. The summed E-state index contributed by atoms with van der Waals surface area (Å²) < 4.78 is 42.8. The molecule has 0 saturated carbocycles. The van der Waals surface area contributed by atoms with Crippen LogP contribution in [0.5, 0.6) is 23.0 Å². The van der Waals surface area contributed by atoms with Crippen LogP contribution in [-0.2, 0) is 30.5 Å². The van der Waals surface area contributed by atoms with Crippen LogP contribution in [-0.4, -0.2) is 79.6 Å². The van der Waals surface area contributed by atoms with Crippen molar-refractivity contribution in [1.29, 1.82) is 0 Å². The number of azide groups is 1. The number of ether oxygens (including phenoxy) is 8. The largest absolute Gasteiger partial charge is 1.00 e. The average Bonchev–Trinajstić information content (AvgIpc) is 3.27. The Kier molecular flexibility index (Phi) is 29.7. The van der Waals surface area contributed by atoms with Gasteiger partial charge in [0.1, 0.15) is 34.1 Å². The van der Waals surface area contributed by atoms with E-state index in [0.29, 0.717) is 89.7 Å². The monoisotopic (exact) mass is 892 g/mol. The molecule has 0 amide bonds. The molecule has 316 valence electrons. The Morgan fingerprint density at radius 2 is 1.02 bits per heavy atom. The molecule has 0 unspecified atom stereocenters. The summed E-state index contributed by atoms with van der Waals surface area (Å²) in [6.45, 7) is 1.18. The number of rotatable bonds is 23. The van der Waals surface area contributed by atoms with Gasteiger partial charge in [0.05, 0.1) is 27.4 Å². The number of hydrogen-bond acceptors (Lipinski definition) is 13. The van der Waals surface area contributed by atoms with E-state index in [1.807, 2.05) is 60.7 Å². The second kappa shape index (κ2) is 33.3. The molecule has 16 nitrogen and oxygen atoms in total. The summed E-state index contributed by atoms with van der Waals surface area (Å²) in [5.74, 6) is 2.45. The molecule has 0 atom stereocenters. The van der Waals surface area contributed by atoms with Crippen LogP contribution >= 0.6 is 35.1 Å². The van der Waals surface area contributed by atoms with Gasteiger partial charge in [-0.05, 0) is 66.9 Å². The van der Waals surface area contributed by atoms with Crippen LogP contribution in [0, 0.1) is 0 Å². The van der Waals surface area contributed by atoms with E-state index in [1.54, 1.807) is 47.8 Å². The zero-order chi connectivity index (χ0) is 43.1. The summed E-state index contributed by atoms with van der Waals surface area (Å²) in [7, 11) is 5.69. The fourth-order valence-corrected chi connectivity index (χ4v) is 6.86. The SMILES string of the molecule is COCOc1ccc(OCCCCl)c(CSc2ccccc2)c1C(=O)OC.COCOc1ccc(OCCCN=[N+]=[N-])c(CSc2ccccc2)c1C(=O)OC.[N-]=[N+]=[N-].[Na+]. The maximum atomic E-state index is 12.5. The molecule has 60 heavy (non-hydrogen) atoms. The molecule has 0 heterocycles. The number of hydrogen-bond donors (Lipinski definition) is 0. The number of alkyl halides is 1. The molecule has 0 saturated heterocycles. The van der Waals surface area contributed by atoms with Gasteiger partial charge in [-0.25, -0.2) is 9.59 Å². The molecular formula is C40H46ClN6NaO10S2. The van der Waals surface area contributed by atoms with Crippen molar-refractivity contribution in [3.63, 3.8) is 0 Å². The van der Waals surface area contributed by atoms with Gasteiger partial charge in [-0.1, -0.05) is 41.5 Å². The van der Waals surface area contributed by atoms with Crippen molar-refractivity contribution in [2.45, 2.75) is 34.1 Å². The van der Waals surface area contributed by atoms with Crippen LogP contribution in [0.25, 0.3) is 26.4 Å². The Morgan fingerprint density at radius 3 is 1.38 bits per heavy atom. The van der Waals surface area contributed by atoms with E-state index < -0.39 is 11.9 Å². The van der Waals surface area contributed by atoms with Gasteiger partial charge in [-0.15, -0.1) is 35.1 Å². The first kappa shape index (κ1) is 53.6. The Labute approximate surface area is 385 Å². The normalized spacial score (nSPS) is 9.75. The molecule has 0 radical (unpaired) electrons. The second-order valence-electron chi connectivity index (χ2n) is 11.3. The van der Waals surface area contributed by atoms with Gasteiger partial charge >= 0.3 is 41.5 Å². The zero-order valence-electron chi connectivity index (χ0n) is 34.1. The molecule has 4 aromatic rings. The smallest absolute Gasteiger partial charge is 0.493 e. The van der Waals surface area contributed by atoms with E-state index in [9.17, 15) is 9.59 Å². The topological polar surface area (TPSA) is 215 Å². The van der Waals surface area contributed by atoms with E-state index >= 15 is 0 Å². The van der Waals surface area contributed by atoms with Crippen LogP contribution in [0.1, 0.15) is 44.7 Å². The third-order valence-corrected chi connectivity index (χ3v) is 9.76. The predicted molar refractivity (Wildman–Crippen MR) is 228 cm³/mol. The van der Waals surface area contributed by atoms with Crippen LogP contribution in [0.4, 0.5) is 0 Å². The van der Waals surface area contributed by atoms with Gasteiger partial charge in [0, 0.05) is 64.0 Å². The van der Waals surface area contributed by atoms with Gasteiger partial charge in [0.2, 0.25) is 0 Å². The molecule has 0 aliphatic heterocycles. The Morgan fingerprint density at radius 1 is 0.617 bits per heavy atom. The molecule has 0 bridgehead atoms. The fourth-order valence-electron chi connectivity index (χ4n) is 4.85. The minimum Gasteiger partial charge on any atom is -0.493 e. The zero-order valence-corrected chi connectivity index (χ0v) is 38.5. The number of carbonyl (C=O) groups is 2. The van der Waals surface area contributed by atoms with Gasteiger partial charge in [0.15, 0.2) is 13.6 Å². The molecule has 0 spiro atoms. The first-order valence-corrected chi connectivity index (χ1v) is 20.2. The second-order valence-corrected chi connectivity index (χ2v) is 13.7. The van der Waals surface area contributed by atoms with Crippen molar-refractivity contribution in [1.82, 2.24) is 0 Å². The minimum absolute atomic E-state index is 0. The summed E-state index contributed by atoms with van der Waals surface area (Å²) >= 11 is 8.91. The van der Waals surface area contributed by atoms with E-state index in [0.717, 1.165) is 15.4 Å². The summed E-state index contributed by atoms with van der Waals surface area (Å²) in [5, 5.41) is 3.50. The molecule has 4 aromatic carbocycles. The minimum atomic E-state index is -0.515. The number of esters is 2. The number of methoxy groups -OCH3 is 4. The number of thioether (sulfide) groups is 2. The molecule has 0 N–H and O–H groups in total. The van der Waals surface area contributed by atoms with E-state index in [4.69, 9.17) is 66.1 Å². The molecule has 0 aromatic heterocycles. The van der Waals surface area contributed by atoms with Crippen LogP contribution in [0.3, 0.4) is 0 Å². The fraction of sp³-hybridized carbons (Fsp3) is 0.350. The van der Waals surface area contributed by atoms with Gasteiger partial charge in [0.25, 0.3) is 0 Å². The number of nitrogens with zero attached hydrogens (tertiary/aromatic N) is 6. The maximum Gasteiger partial charge on any atom is 1.00 e. The molecular weight excluding hydrogens is 847 g/mol. The van der Waals surface area contributed by atoms with Crippen molar-refractivity contribution in [3.05, 3.63) is 134 Å². The predicted octanol–water partition coefficient (Wildman–Crippen LogP) is 7.45. The van der Waals surface area contributed by atoms with Crippen molar-refractivity contribution in [2.24, 2.45) is 5.11 Å². The maximum absolute atomic E-state index is 12.5. The van der Waals surface area contributed by atoms with E-state index in [2.05, 4.69) is 10.0 Å². The average molecular weight is 893 g/mol. The van der Waals surface area contributed by atoms with Gasteiger partial charge < -0.3 is 49.0 Å². The first-order chi connectivity index (χ1) is 28.8. The van der Waals surface area contributed by atoms with Crippen LogP contribution < -0.4 is 48.5 Å². The molecule has 4 rings (SSSR count). The van der Waals surface area contributed by atoms with Crippen LogP contribution in [0.2, 0.25) is 0 Å². The quantitative estimate of drug-likeness (QED) is 0.00817. The van der Waals surface area contributed by atoms with Gasteiger partial charge in [-0.3, -0.25) is 4.91 Å². The van der Waals surface area contributed by atoms with E-state index in [-0.39, 0.29) is 43.1 Å². The molecule has 0 aliphatic carbocycles. The van der Waals surface area contributed by atoms with E-state index in [1.165, 1.54) is 33.4 Å². The van der Waals surface area contributed by atoms with Crippen LogP contribution in [0.15, 0.2) is 99.8 Å². The Balaban J connectivity index is 0.000000555. The van der Waals surface area contributed by atoms with Crippen molar-refractivity contribution < 1.29 is 77.0 Å². The Bertz CT molecular complexity index is 1950. The third-order valence-electron chi connectivity index (χ3n) is 7.42. The summed E-state index contributed by atoms with van der Waals surface area (Å²) in [4.78, 5) is 31.4. The summed E-state index contributed by atoms with van der Waals surface area (Å²) in [5.41, 5.74) is 23.9. The van der Waals surface area contributed by atoms with Crippen molar-refractivity contribution >= 4 is 47.1 Å². The number of carbonyl (C=O) groups excluding carboxylic acids is 2. The standard InChI is InChI=1S/C20H23ClO5S.C20H23N3O5S.N3.Na/c1-23-14-26-18-10-9-17(25-12-6-11-21)16(19(18)20(22)24-2)13-27-15-7-4-3-5-8-15;1-25-14-28-18-10-9-17(27-12-6-11-22-23-21)16(19(18)20(24)26-2)13-29-15-7-4-3-5-8-15;1-3-2;/h3-5,7-10H,6,11-14H2,1-2H3;3-5,7-10H,6,11-14H2,1-2H3;;/q;;-1;+1. The van der Waals surface area contributed by atoms with Crippen molar-refractivity contribution in [2.75, 3.05) is 67.7 Å². The van der Waals surface area contributed by atoms with Gasteiger partial charge in [-0.2, -0.15) is 0 Å².